The van der Waals surface area contributed by atoms with Crippen LogP contribution in [0.25, 0.3) is 0 Å². The van der Waals surface area contributed by atoms with E-state index in [1.807, 2.05) is 0 Å². The number of halogens is 1. The summed E-state index contributed by atoms with van der Waals surface area (Å²) >= 11 is 0. The summed E-state index contributed by atoms with van der Waals surface area (Å²) in [6.45, 7) is 5.94. The van der Waals surface area contributed by atoms with Gasteiger partial charge in [0.05, 0.1) is 5.75 Å². The molecule has 0 spiro atoms. The minimum absolute atomic E-state index is 0.188. The number of piperidine rings is 1. The SMILES string of the molecule is CC(C)(C)OC(=O)NC1CCCN(S(=O)(=O)Cc2ccc(F)cc2)C1. The summed E-state index contributed by atoms with van der Waals surface area (Å²) in [6.07, 6.45) is 0.806. The predicted molar refractivity (Wildman–Crippen MR) is 93.0 cm³/mol. The fourth-order valence-corrected chi connectivity index (χ4v) is 4.28. The quantitative estimate of drug-likeness (QED) is 0.882. The number of amides is 1. The number of nitrogens with zero attached hydrogens (tertiary/aromatic N) is 1. The van der Waals surface area contributed by atoms with E-state index in [4.69, 9.17) is 4.74 Å². The van der Waals surface area contributed by atoms with Crippen molar-refractivity contribution in [3.63, 3.8) is 0 Å². The highest BCUT2D eigenvalue weighted by atomic mass is 32.2. The first-order chi connectivity index (χ1) is 11.5. The molecule has 1 heterocycles. The standard InChI is InChI=1S/C17H25FN2O4S/c1-17(2,3)24-16(21)19-15-5-4-10-20(11-15)25(22,23)12-13-6-8-14(18)9-7-13/h6-9,15H,4-5,10-12H2,1-3H3,(H,19,21). The summed E-state index contributed by atoms with van der Waals surface area (Å²) in [4.78, 5) is 11.9. The smallest absolute Gasteiger partial charge is 0.407 e. The summed E-state index contributed by atoms with van der Waals surface area (Å²) in [6, 6.07) is 5.13. The molecule has 0 aliphatic carbocycles. The first kappa shape index (κ1) is 19.7. The third kappa shape index (κ3) is 6.28. The van der Waals surface area contributed by atoms with Crippen molar-refractivity contribution in [1.29, 1.82) is 0 Å². The van der Waals surface area contributed by atoms with Gasteiger partial charge in [-0.15, -0.1) is 0 Å². The number of sulfonamides is 1. The van der Waals surface area contributed by atoms with E-state index >= 15 is 0 Å². The molecule has 1 aromatic rings. The lowest BCUT2D eigenvalue weighted by molar-refractivity contribution is 0.0487. The fourth-order valence-electron chi connectivity index (χ4n) is 2.67. The van der Waals surface area contributed by atoms with Gasteiger partial charge >= 0.3 is 6.09 Å². The largest absolute Gasteiger partial charge is 0.444 e. The average molecular weight is 372 g/mol. The van der Waals surface area contributed by atoms with Gasteiger partial charge in [0.15, 0.2) is 0 Å². The fraction of sp³-hybridized carbons (Fsp3) is 0.588. The Hall–Kier alpha value is -1.67. The molecule has 1 unspecified atom stereocenters. The van der Waals surface area contributed by atoms with Gasteiger partial charge in [-0.3, -0.25) is 0 Å². The van der Waals surface area contributed by atoms with Gasteiger partial charge < -0.3 is 10.1 Å². The van der Waals surface area contributed by atoms with E-state index < -0.39 is 27.5 Å². The molecule has 0 saturated carbocycles. The normalized spacial score (nSPS) is 19.4. The zero-order valence-corrected chi connectivity index (χ0v) is 15.6. The molecule has 1 fully saturated rings. The van der Waals surface area contributed by atoms with Crippen molar-refractivity contribution < 1.29 is 22.3 Å². The highest BCUT2D eigenvalue weighted by Gasteiger charge is 2.30. The van der Waals surface area contributed by atoms with Crippen molar-refractivity contribution in [2.75, 3.05) is 13.1 Å². The average Bonchev–Trinajstić information content (AvgIpc) is 2.48. The number of ether oxygens (including phenoxy) is 1. The van der Waals surface area contributed by atoms with Crippen LogP contribution in [0.15, 0.2) is 24.3 Å². The summed E-state index contributed by atoms with van der Waals surface area (Å²) in [5, 5.41) is 2.73. The molecule has 140 valence electrons. The van der Waals surface area contributed by atoms with Crippen molar-refractivity contribution in [1.82, 2.24) is 9.62 Å². The minimum Gasteiger partial charge on any atom is -0.444 e. The lowest BCUT2D eigenvalue weighted by Crippen LogP contribution is -2.50. The number of hydrogen-bond donors (Lipinski definition) is 1. The van der Waals surface area contributed by atoms with Gasteiger partial charge in [0.1, 0.15) is 11.4 Å². The van der Waals surface area contributed by atoms with Crippen LogP contribution < -0.4 is 5.32 Å². The number of benzene rings is 1. The molecule has 6 nitrogen and oxygen atoms in total. The van der Waals surface area contributed by atoms with Crippen molar-refractivity contribution in [3.8, 4) is 0 Å². The molecule has 1 N–H and O–H groups in total. The Balaban J connectivity index is 1.97. The molecular weight excluding hydrogens is 347 g/mol. The van der Waals surface area contributed by atoms with Crippen LogP contribution in [0.4, 0.5) is 9.18 Å². The summed E-state index contributed by atoms with van der Waals surface area (Å²) in [5.74, 6) is -0.590. The van der Waals surface area contributed by atoms with E-state index in [1.54, 1.807) is 20.8 Å². The van der Waals surface area contributed by atoms with Crippen LogP contribution >= 0.6 is 0 Å². The predicted octanol–water partition coefficient (Wildman–Crippen LogP) is 2.64. The van der Waals surface area contributed by atoms with Crippen molar-refractivity contribution in [2.24, 2.45) is 0 Å². The molecular formula is C17H25FN2O4S. The number of hydrogen-bond acceptors (Lipinski definition) is 4. The lowest BCUT2D eigenvalue weighted by atomic mass is 10.1. The zero-order chi connectivity index (χ0) is 18.7. The molecule has 25 heavy (non-hydrogen) atoms. The molecule has 1 atom stereocenters. The Morgan fingerprint density at radius 2 is 1.96 bits per heavy atom. The van der Waals surface area contributed by atoms with E-state index in [1.165, 1.54) is 28.6 Å². The van der Waals surface area contributed by atoms with E-state index in [-0.39, 0.29) is 18.3 Å². The molecule has 1 amide bonds. The number of alkyl carbamates (subject to hydrolysis) is 1. The molecule has 1 aromatic carbocycles. The van der Waals surface area contributed by atoms with Gasteiger partial charge in [-0.1, -0.05) is 12.1 Å². The second-order valence-corrected chi connectivity index (χ2v) is 9.19. The van der Waals surface area contributed by atoms with Crippen molar-refractivity contribution >= 4 is 16.1 Å². The Bertz CT molecular complexity index is 698. The van der Waals surface area contributed by atoms with Crippen LogP contribution in [0.5, 0.6) is 0 Å². The highest BCUT2D eigenvalue weighted by Crippen LogP contribution is 2.18. The first-order valence-electron chi connectivity index (χ1n) is 8.27. The van der Waals surface area contributed by atoms with Gasteiger partial charge in [0.2, 0.25) is 10.0 Å². The summed E-state index contributed by atoms with van der Waals surface area (Å²) in [5.41, 5.74) is -0.0729. The van der Waals surface area contributed by atoms with E-state index in [9.17, 15) is 17.6 Å². The molecule has 1 aliphatic rings. The molecule has 1 saturated heterocycles. The number of carbonyl (C=O) groups excluding carboxylic acids is 1. The monoisotopic (exact) mass is 372 g/mol. The Kier molecular flexibility index (Phi) is 6.05. The van der Waals surface area contributed by atoms with Gasteiger partial charge in [0, 0.05) is 19.1 Å². The third-order valence-corrected chi connectivity index (χ3v) is 5.58. The number of rotatable bonds is 4. The lowest BCUT2D eigenvalue weighted by Gasteiger charge is -2.32. The summed E-state index contributed by atoms with van der Waals surface area (Å²) in [7, 11) is -3.53. The minimum atomic E-state index is -3.53. The van der Waals surface area contributed by atoms with Gasteiger partial charge in [-0.05, 0) is 51.3 Å². The van der Waals surface area contributed by atoms with Crippen molar-refractivity contribution in [3.05, 3.63) is 35.6 Å². The first-order valence-corrected chi connectivity index (χ1v) is 9.88. The zero-order valence-electron chi connectivity index (χ0n) is 14.8. The molecule has 2 rings (SSSR count). The van der Waals surface area contributed by atoms with Gasteiger partial charge in [-0.25, -0.2) is 17.6 Å². The molecule has 0 bridgehead atoms. The van der Waals surface area contributed by atoms with Crippen LogP contribution in [-0.4, -0.2) is 43.5 Å². The van der Waals surface area contributed by atoms with Gasteiger partial charge in [-0.2, -0.15) is 4.31 Å². The highest BCUT2D eigenvalue weighted by molar-refractivity contribution is 7.88. The van der Waals surface area contributed by atoms with E-state index in [0.29, 0.717) is 24.9 Å². The molecule has 0 aromatic heterocycles. The topological polar surface area (TPSA) is 75.7 Å². The summed E-state index contributed by atoms with van der Waals surface area (Å²) < 4.78 is 44.7. The molecule has 8 heteroatoms. The second kappa shape index (κ2) is 7.70. The maximum atomic E-state index is 13.0. The maximum Gasteiger partial charge on any atom is 0.407 e. The Morgan fingerprint density at radius 3 is 2.56 bits per heavy atom. The Morgan fingerprint density at radius 1 is 1.32 bits per heavy atom. The second-order valence-electron chi connectivity index (χ2n) is 7.23. The third-order valence-electron chi connectivity index (χ3n) is 3.76. The number of carbonyl (C=O) groups is 1. The van der Waals surface area contributed by atoms with Crippen LogP contribution in [0, 0.1) is 5.82 Å². The molecule has 1 aliphatic heterocycles. The van der Waals surface area contributed by atoms with Crippen LogP contribution in [0.1, 0.15) is 39.2 Å². The van der Waals surface area contributed by atoms with Gasteiger partial charge in [0.25, 0.3) is 0 Å². The Labute approximate surface area is 148 Å². The van der Waals surface area contributed by atoms with Crippen LogP contribution in [0.3, 0.4) is 0 Å². The van der Waals surface area contributed by atoms with Crippen LogP contribution in [-0.2, 0) is 20.5 Å². The maximum absolute atomic E-state index is 13.0. The van der Waals surface area contributed by atoms with Crippen LogP contribution in [0.2, 0.25) is 0 Å². The van der Waals surface area contributed by atoms with E-state index in [0.717, 1.165) is 0 Å². The number of nitrogens with one attached hydrogen (secondary N) is 1. The molecule has 0 radical (unpaired) electrons. The van der Waals surface area contributed by atoms with Crippen molar-refractivity contribution in [2.45, 2.75) is 51.0 Å². The van der Waals surface area contributed by atoms with E-state index in [2.05, 4.69) is 5.32 Å².